The average molecular weight is 291 g/mol. The maximum atomic E-state index is 13.2. The Kier molecular flexibility index (Phi) is 4.28. The minimum Gasteiger partial charge on any atom is -0.406 e. The van der Waals surface area contributed by atoms with Crippen LogP contribution in [0.2, 0.25) is 0 Å². The van der Waals surface area contributed by atoms with E-state index in [1.54, 1.807) is 0 Å². The molecule has 0 saturated heterocycles. The Hall–Kier alpha value is -1.51. The van der Waals surface area contributed by atoms with Crippen LogP contribution < -0.4 is 10.5 Å². The van der Waals surface area contributed by atoms with Crippen LogP contribution in [-0.2, 0) is 0 Å². The smallest absolute Gasteiger partial charge is 0.406 e. The predicted octanol–water partition coefficient (Wildman–Crippen LogP) is 3.68. The number of alkyl halides is 6. The van der Waals surface area contributed by atoms with Gasteiger partial charge in [0.2, 0.25) is 0 Å². The van der Waals surface area contributed by atoms with Crippen molar-refractivity contribution in [2.45, 2.75) is 25.0 Å². The number of benzene rings is 1. The van der Waals surface area contributed by atoms with Crippen LogP contribution >= 0.6 is 0 Å². The molecule has 0 aliphatic heterocycles. The van der Waals surface area contributed by atoms with Gasteiger partial charge < -0.3 is 10.5 Å². The summed E-state index contributed by atoms with van der Waals surface area (Å²) < 4.78 is 88.7. The molecule has 0 aliphatic rings. The summed E-state index contributed by atoms with van der Waals surface area (Å²) in [7, 11) is 0. The topological polar surface area (TPSA) is 35.2 Å². The largest absolute Gasteiger partial charge is 0.573 e. The van der Waals surface area contributed by atoms with Gasteiger partial charge in [0.05, 0.1) is 6.42 Å². The van der Waals surface area contributed by atoms with Crippen molar-refractivity contribution in [1.29, 1.82) is 0 Å². The summed E-state index contributed by atoms with van der Waals surface area (Å²) in [5, 5.41) is 0. The third-order valence-electron chi connectivity index (χ3n) is 2.05. The fourth-order valence-corrected chi connectivity index (χ4v) is 1.36. The van der Waals surface area contributed by atoms with E-state index in [1.807, 2.05) is 0 Å². The molecule has 0 amide bonds. The molecular weight excluding hydrogens is 283 g/mol. The van der Waals surface area contributed by atoms with Gasteiger partial charge in [-0.1, -0.05) is 0 Å². The lowest BCUT2D eigenvalue weighted by atomic mass is 10.0. The second-order valence-corrected chi connectivity index (χ2v) is 3.66. The first-order valence-electron chi connectivity index (χ1n) is 4.85. The second-order valence-electron chi connectivity index (χ2n) is 3.66. The fourth-order valence-electron chi connectivity index (χ4n) is 1.36. The van der Waals surface area contributed by atoms with Gasteiger partial charge in [0.15, 0.2) is 0 Å². The molecule has 1 atom stereocenters. The quantitative estimate of drug-likeness (QED) is 0.862. The molecule has 9 heteroatoms. The molecule has 0 heterocycles. The van der Waals surface area contributed by atoms with Crippen molar-refractivity contribution in [3.63, 3.8) is 0 Å². The molecule has 1 aromatic carbocycles. The molecule has 19 heavy (non-hydrogen) atoms. The SMILES string of the molecule is N[C@H](CC(F)(F)F)c1cc(OC(F)(F)F)ccc1F. The number of hydrogen-bond donors (Lipinski definition) is 1. The highest BCUT2D eigenvalue weighted by Gasteiger charge is 2.34. The Morgan fingerprint density at radius 3 is 2.16 bits per heavy atom. The second kappa shape index (κ2) is 5.24. The highest BCUT2D eigenvalue weighted by Crippen LogP contribution is 2.32. The first-order valence-corrected chi connectivity index (χ1v) is 4.85. The van der Waals surface area contributed by atoms with Crippen LogP contribution in [0.15, 0.2) is 18.2 Å². The zero-order valence-electron chi connectivity index (χ0n) is 9.15. The summed E-state index contributed by atoms with van der Waals surface area (Å²) in [6, 6.07) is -0.102. The molecule has 0 bridgehead atoms. The van der Waals surface area contributed by atoms with Gasteiger partial charge in [0.1, 0.15) is 11.6 Å². The first-order chi connectivity index (χ1) is 8.48. The molecule has 0 unspecified atom stereocenters. The maximum absolute atomic E-state index is 13.2. The van der Waals surface area contributed by atoms with E-state index >= 15 is 0 Å². The van der Waals surface area contributed by atoms with Crippen LogP contribution in [0.4, 0.5) is 30.7 Å². The lowest BCUT2D eigenvalue weighted by Crippen LogP contribution is -2.22. The first kappa shape index (κ1) is 15.5. The van der Waals surface area contributed by atoms with Crippen LogP contribution in [0.3, 0.4) is 0 Å². The fraction of sp³-hybridized carbons (Fsp3) is 0.400. The Balaban J connectivity index is 2.97. The Morgan fingerprint density at radius 1 is 1.11 bits per heavy atom. The van der Waals surface area contributed by atoms with Crippen molar-refractivity contribution in [2.75, 3.05) is 0 Å². The maximum Gasteiger partial charge on any atom is 0.573 e. The van der Waals surface area contributed by atoms with E-state index in [0.29, 0.717) is 18.2 Å². The van der Waals surface area contributed by atoms with Crippen molar-refractivity contribution in [3.8, 4) is 5.75 Å². The van der Waals surface area contributed by atoms with Crippen LogP contribution in [-0.4, -0.2) is 12.5 Å². The van der Waals surface area contributed by atoms with Crippen LogP contribution in [0, 0.1) is 5.82 Å². The van der Waals surface area contributed by atoms with E-state index in [-0.39, 0.29) is 0 Å². The van der Waals surface area contributed by atoms with Gasteiger partial charge in [-0.2, -0.15) is 13.2 Å². The lowest BCUT2D eigenvalue weighted by Gasteiger charge is -2.16. The summed E-state index contributed by atoms with van der Waals surface area (Å²) in [5.41, 5.74) is 4.42. The standard InChI is InChI=1S/C10H8F7NO/c11-7-2-1-5(19-10(15,16)17)3-6(7)8(18)4-9(12,13)14/h1-3,8H,4,18H2/t8-/m1/s1. The third kappa shape index (κ3) is 5.33. The average Bonchev–Trinajstić information content (AvgIpc) is 2.16. The summed E-state index contributed by atoms with van der Waals surface area (Å²) >= 11 is 0. The zero-order valence-corrected chi connectivity index (χ0v) is 9.15. The molecule has 0 spiro atoms. The Bertz CT molecular complexity index is 440. The summed E-state index contributed by atoms with van der Waals surface area (Å²) in [6.07, 6.45) is -11.2. The van der Waals surface area contributed by atoms with E-state index in [4.69, 9.17) is 5.73 Å². The number of halogens is 7. The molecule has 2 nitrogen and oxygen atoms in total. The van der Waals surface area contributed by atoms with E-state index in [1.165, 1.54) is 0 Å². The third-order valence-corrected chi connectivity index (χ3v) is 2.05. The summed E-state index contributed by atoms with van der Waals surface area (Å²) in [4.78, 5) is 0. The lowest BCUT2D eigenvalue weighted by molar-refractivity contribution is -0.274. The molecule has 1 aromatic rings. The van der Waals surface area contributed by atoms with Crippen molar-refractivity contribution in [1.82, 2.24) is 0 Å². The van der Waals surface area contributed by atoms with Gasteiger partial charge in [0.25, 0.3) is 0 Å². The van der Waals surface area contributed by atoms with Gasteiger partial charge in [-0.3, -0.25) is 0 Å². The van der Waals surface area contributed by atoms with Gasteiger partial charge in [-0.15, -0.1) is 13.2 Å². The van der Waals surface area contributed by atoms with E-state index in [2.05, 4.69) is 4.74 Å². The van der Waals surface area contributed by atoms with Crippen molar-refractivity contribution in [3.05, 3.63) is 29.6 Å². The monoisotopic (exact) mass is 291 g/mol. The molecule has 0 aromatic heterocycles. The van der Waals surface area contributed by atoms with Gasteiger partial charge in [-0.25, -0.2) is 4.39 Å². The Labute approximate surface area is 103 Å². The van der Waals surface area contributed by atoms with Crippen LogP contribution in [0.25, 0.3) is 0 Å². The van der Waals surface area contributed by atoms with Gasteiger partial charge >= 0.3 is 12.5 Å². The number of rotatable bonds is 3. The van der Waals surface area contributed by atoms with E-state index < -0.39 is 42.1 Å². The molecule has 0 fully saturated rings. The van der Waals surface area contributed by atoms with Crippen molar-refractivity contribution < 1.29 is 35.5 Å². The van der Waals surface area contributed by atoms with Crippen LogP contribution in [0.1, 0.15) is 18.0 Å². The van der Waals surface area contributed by atoms with E-state index in [9.17, 15) is 30.7 Å². The van der Waals surface area contributed by atoms with Gasteiger partial charge in [-0.05, 0) is 18.2 Å². The summed E-state index contributed by atoms with van der Waals surface area (Å²) in [6.45, 7) is 0. The van der Waals surface area contributed by atoms with Gasteiger partial charge in [0, 0.05) is 11.6 Å². The number of nitrogens with two attached hydrogens (primary N) is 1. The van der Waals surface area contributed by atoms with Crippen LogP contribution in [0.5, 0.6) is 5.75 Å². The highest BCUT2D eigenvalue weighted by atomic mass is 19.4. The van der Waals surface area contributed by atoms with E-state index in [0.717, 1.165) is 0 Å². The molecule has 1 rings (SSSR count). The highest BCUT2D eigenvalue weighted by molar-refractivity contribution is 5.32. The normalized spacial score (nSPS) is 14.3. The molecule has 0 aliphatic carbocycles. The number of ether oxygens (including phenoxy) is 1. The molecule has 108 valence electrons. The van der Waals surface area contributed by atoms with Crippen molar-refractivity contribution >= 4 is 0 Å². The zero-order chi connectivity index (χ0) is 14.8. The Morgan fingerprint density at radius 2 is 1.68 bits per heavy atom. The molecule has 0 saturated carbocycles. The number of hydrogen-bond acceptors (Lipinski definition) is 2. The minimum atomic E-state index is -5.02. The molecular formula is C10H8F7NO. The molecule has 0 radical (unpaired) electrons. The summed E-state index contributed by atoms with van der Waals surface area (Å²) in [5.74, 6) is -1.97. The molecule has 2 N–H and O–H groups in total. The minimum absolute atomic E-state index is 0.499. The van der Waals surface area contributed by atoms with Crippen molar-refractivity contribution in [2.24, 2.45) is 5.73 Å². The predicted molar refractivity (Wildman–Crippen MR) is 50.7 cm³/mol.